The molecule has 0 saturated carbocycles. The van der Waals surface area contributed by atoms with E-state index in [4.69, 9.17) is 0 Å². The highest BCUT2D eigenvalue weighted by Gasteiger charge is 2.15. The van der Waals surface area contributed by atoms with Gasteiger partial charge in [-0.3, -0.25) is 9.59 Å². The minimum atomic E-state index is -0.285. The fraction of sp³-hybridized carbons (Fsp3) is 0.263. The van der Waals surface area contributed by atoms with Crippen LogP contribution >= 0.6 is 22.6 Å². The average molecular weight is 436 g/mol. The lowest BCUT2D eigenvalue weighted by Crippen LogP contribution is -2.40. The molecule has 0 unspecified atom stereocenters. The number of benzene rings is 2. The maximum Gasteiger partial charge on any atom is 0.255 e. The van der Waals surface area contributed by atoms with E-state index in [1.165, 1.54) is 0 Å². The Bertz CT molecular complexity index is 762. The van der Waals surface area contributed by atoms with E-state index in [0.29, 0.717) is 16.8 Å². The van der Waals surface area contributed by atoms with Crippen LogP contribution in [0.3, 0.4) is 0 Å². The summed E-state index contributed by atoms with van der Waals surface area (Å²) in [7, 11) is 0. The second kappa shape index (κ2) is 7.34. The Morgan fingerprint density at radius 1 is 0.917 bits per heavy atom. The number of aryl methyl sites for hydroxylation is 1. The van der Waals surface area contributed by atoms with Gasteiger partial charge in [0, 0.05) is 25.9 Å². The van der Waals surface area contributed by atoms with Crippen molar-refractivity contribution in [3.05, 3.63) is 62.7 Å². The lowest BCUT2D eigenvalue weighted by Gasteiger charge is -2.20. The van der Waals surface area contributed by atoms with Gasteiger partial charge in [-0.25, -0.2) is 0 Å². The predicted molar refractivity (Wildman–Crippen MR) is 106 cm³/mol. The summed E-state index contributed by atoms with van der Waals surface area (Å²) in [5.41, 5.74) is 2.68. The number of amides is 2. The van der Waals surface area contributed by atoms with Gasteiger partial charge in [0.1, 0.15) is 0 Å². The normalized spacial score (nSPS) is 11.0. The molecule has 2 N–H and O–H groups in total. The van der Waals surface area contributed by atoms with E-state index in [0.717, 1.165) is 9.13 Å². The summed E-state index contributed by atoms with van der Waals surface area (Å²) in [4.78, 5) is 24.4. The molecular formula is C19H21IN2O2. The Labute approximate surface area is 156 Å². The fourth-order valence-electron chi connectivity index (χ4n) is 2.06. The summed E-state index contributed by atoms with van der Waals surface area (Å²) in [6, 6.07) is 12.5. The molecule has 4 nitrogen and oxygen atoms in total. The van der Waals surface area contributed by atoms with Crippen molar-refractivity contribution >= 4 is 40.1 Å². The summed E-state index contributed by atoms with van der Waals surface area (Å²) in [5.74, 6) is -0.298. The van der Waals surface area contributed by atoms with Crippen molar-refractivity contribution in [3.8, 4) is 0 Å². The molecular weight excluding hydrogens is 415 g/mol. The van der Waals surface area contributed by atoms with Crippen LogP contribution in [-0.2, 0) is 0 Å². The zero-order chi connectivity index (χ0) is 17.9. The molecule has 0 radical (unpaired) electrons. The molecule has 2 rings (SSSR count). The van der Waals surface area contributed by atoms with Crippen molar-refractivity contribution in [1.82, 2.24) is 5.32 Å². The Balaban J connectivity index is 2.07. The van der Waals surface area contributed by atoms with Gasteiger partial charge in [0.15, 0.2) is 0 Å². The minimum absolute atomic E-state index is 0.131. The summed E-state index contributed by atoms with van der Waals surface area (Å²) in [6.45, 7) is 7.80. The van der Waals surface area contributed by atoms with Crippen LogP contribution in [0, 0.1) is 10.5 Å². The van der Waals surface area contributed by atoms with Gasteiger partial charge < -0.3 is 10.6 Å². The third-order valence-electron chi connectivity index (χ3n) is 3.33. The number of carbonyl (C=O) groups is 2. The minimum Gasteiger partial charge on any atom is -0.347 e. The molecule has 2 aromatic carbocycles. The zero-order valence-electron chi connectivity index (χ0n) is 14.2. The molecule has 2 aromatic rings. The smallest absolute Gasteiger partial charge is 0.255 e. The monoisotopic (exact) mass is 436 g/mol. The summed E-state index contributed by atoms with van der Waals surface area (Å²) in [5, 5.41) is 5.75. The lowest BCUT2D eigenvalue weighted by molar-refractivity contribution is 0.0919. The van der Waals surface area contributed by atoms with Gasteiger partial charge in [0.25, 0.3) is 11.8 Å². The van der Waals surface area contributed by atoms with E-state index >= 15 is 0 Å². The Hall–Kier alpha value is -1.89. The van der Waals surface area contributed by atoms with E-state index in [-0.39, 0.29) is 17.4 Å². The molecule has 0 atom stereocenters. The molecule has 0 fully saturated rings. The highest BCUT2D eigenvalue weighted by Crippen LogP contribution is 2.16. The summed E-state index contributed by atoms with van der Waals surface area (Å²) >= 11 is 2.21. The van der Waals surface area contributed by atoms with Crippen molar-refractivity contribution in [2.24, 2.45) is 0 Å². The molecule has 126 valence electrons. The maximum absolute atomic E-state index is 12.3. The van der Waals surface area contributed by atoms with Crippen LogP contribution in [0.1, 0.15) is 47.1 Å². The van der Waals surface area contributed by atoms with Gasteiger partial charge in [-0.05, 0) is 92.2 Å². The second-order valence-corrected chi connectivity index (χ2v) is 7.86. The Kier molecular flexibility index (Phi) is 5.64. The summed E-state index contributed by atoms with van der Waals surface area (Å²) < 4.78 is 1.05. The third-order valence-corrected chi connectivity index (χ3v) is 4.49. The van der Waals surface area contributed by atoms with Gasteiger partial charge >= 0.3 is 0 Å². The third kappa shape index (κ3) is 5.06. The molecule has 0 aliphatic rings. The first-order valence-electron chi connectivity index (χ1n) is 7.66. The SMILES string of the molecule is Cc1ccc(C(=O)Nc2ccc(C(=O)NC(C)(C)C)cc2)cc1I. The summed E-state index contributed by atoms with van der Waals surface area (Å²) in [6.07, 6.45) is 0. The van der Waals surface area contributed by atoms with Crippen LogP contribution in [0.4, 0.5) is 5.69 Å². The van der Waals surface area contributed by atoms with Crippen LogP contribution in [0.15, 0.2) is 42.5 Å². The van der Waals surface area contributed by atoms with E-state index in [2.05, 4.69) is 33.2 Å². The van der Waals surface area contributed by atoms with Crippen LogP contribution < -0.4 is 10.6 Å². The molecule has 0 saturated heterocycles. The average Bonchev–Trinajstić information content (AvgIpc) is 2.49. The number of rotatable bonds is 3. The maximum atomic E-state index is 12.3. The van der Waals surface area contributed by atoms with E-state index in [9.17, 15) is 9.59 Å². The number of halogens is 1. The van der Waals surface area contributed by atoms with Crippen molar-refractivity contribution in [3.63, 3.8) is 0 Å². The first-order chi connectivity index (χ1) is 11.2. The van der Waals surface area contributed by atoms with Gasteiger partial charge in [-0.15, -0.1) is 0 Å². The van der Waals surface area contributed by atoms with Crippen LogP contribution in [0.25, 0.3) is 0 Å². The van der Waals surface area contributed by atoms with Crippen molar-refractivity contribution in [1.29, 1.82) is 0 Å². The zero-order valence-corrected chi connectivity index (χ0v) is 16.4. The Morgan fingerprint density at radius 2 is 1.50 bits per heavy atom. The fourth-order valence-corrected chi connectivity index (χ4v) is 2.57. The molecule has 0 bridgehead atoms. The van der Waals surface area contributed by atoms with Crippen LogP contribution in [-0.4, -0.2) is 17.4 Å². The van der Waals surface area contributed by atoms with Gasteiger partial charge in [-0.2, -0.15) is 0 Å². The molecule has 24 heavy (non-hydrogen) atoms. The van der Waals surface area contributed by atoms with E-state index in [1.54, 1.807) is 30.3 Å². The highest BCUT2D eigenvalue weighted by atomic mass is 127. The highest BCUT2D eigenvalue weighted by molar-refractivity contribution is 14.1. The van der Waals surface area contributed by atoms with Gasteiger partial charge in [0.05, 0.1) is 0 Å². The predicted octanol–water partition coefficient (Wildman–Crippen LogP) is 4.38. The quantitative estimate of drug-likeness (QED) is 0.702. The molecule has 0 spiro atoms. The molecule has 5 heteroatoms. The molecule has 2 amide bonds. The van der Waals surface area contributed by atoms with Crippen LogP contribution in [0.2, 0.25) is 0 Å². The Morgan fingerprint density at radius 3 is 2.04 bits per heavy atom. The molecule has 0 aliphatic heterocycles. The first-order valence-corrected chi connectivity index (χ1v) is 8.74. The largest absolute Gasteiger partial charge is 0.347 e. The molecule has 0 aromatic heterocycles. The molecule has 0 heterocycles. The van der Waals surface area contributed by atoms with Crippen molar-refractivity contribution in [2.45, 2.75) is 33.2 Å². The van der Waals surface area contributed by atoms with E-state index in [1.807, 2.05) is 39.8 Å². The topological polar surface area (TPSA) is 58.2 Å². The van der Waals surface area contributed by atoms with Crippen molar-refractivity contribution in [2.75, 3.05) is 5.32 Å². The standard InChI is InChI=1S/C19H21IN2O2/c1-12-5-6-14(11-16(12)20)17(23)21-15-9-7-13(8-10-15)18(24)22-19(2,3)4/h5-11H,1-4H3,(H,21,23)(H,22,24). The number of nitrogens with one attached hydrogen (secondary N) is 2. The second-order valence-electron chi connectivity index (χ2n) is 6.70. The van der Waals surface area contributed by atoms with Gasteiger partial charge in [0.2, 0.25) is 0 Å². The number of hydrogen-bond acceptors (Lipinski definition) is 2. The lowest BCUT2D eigenvalue weighted by atomic mass is 10.1. The number of hydrogen-bond donors (Lipinski definition) is 2. The van der Waals surface area contributed by atoms with Crippen molar-refractivity contribution < 1.29 is 9.59 Å². The number of carbonyl (C=O) groups excluding carboxylic acids is 2. The first kappa shape index (κ1) is 18.4. The molecule has 0 aliphatic carbocycles. The van der Waals surface area contributed by atoms with Gasteiger partial charge in [-0.1, -0.05) is 6.07 Å². The number of anilines is 1. The van der Waals surface area contributed by atoms with Crippen LogP contribution in [0.5, 0.6) is 0 Å². The van der Waals surface area contributed by atoms with E-state index < -0.39 is 0 Å².